The van der Waals surface area contributed by atoms with Crippen LogP contribution in [0.2, 0.25) is 5.02 Å². The van der Waals surface area contributed by atoms with E-state index < -0.39 is 0 Å². The Morgan fingerprint density at radius 2 is 2.00 bits per heavy atom. The average molecular weight is 425 g/mol. The van der Waals surface area contributed by atoms with Crippen LogP contribution < -0.4 is 10.9 Å². The van der Waals surface area contributed by atoms with Gasteiger partial charge in [-0.3, -0.25) is 14.2 Å². The van der Waals surface area contributed by atoms with Gasteiger partial charge in [-0.05, 0) is 49.1 Å². The maximum absolute atomic E-state index is 12.8. The average Bonchev–Trinajstić information content (AvgIpc) is 3.12. The minimum atomic E-state index is -0.331. The zero-order chi connectivity index (χ0) is 20.5. The number of nitrogens with one attached hydrogen (secondary N) is 1. The normalized spacial score (nSPS) is 11.0. The Hall–Kier alpha value is -3.03. The molecule has 2 aromatic carbocycles. The maximum Gasteiger partial charge on any atom is 0.273 e. The number of hydrogen-bond acceptors (Lipinski definition) is 5. The van der Waals surface area contributed by atoms with Gasteiger partial charge in [-0.1, -0.05) is 41.4 Å². The Bertz CT molecular complexity index is 1300. The second-order valence-corrected chi connectivity index (χ2v) is 7.90. The zero-order valence-corrected chi connectivity index (χ0v) is 17.3. The van der Waals surface area contributed by atoms with Crippen LogP contribution in [0.3, 0.4) is 0 Å². The van der Waals surface area contributed by atoms with Crippen LogP contribution in [0.15, 0.2) is 53.6 Å². The molecule has 1 amide bonds. The largest absolute Gasteiger partial charge is 0.324 e. The standard InChI is InChI=1S/C21H17ClN4O2S/c1-12-5-3-6-14(9-12)18-19-20(29-25-18)21(28)26(11-23-19)10-17(27)24-16-8-4-7-15(22)13(16)2/h3-9,11H,10H2,1-2H3,(H,24,27). The molecule has 2 heterocycles. The van der Waals surface area contributed by atoms with Crippen molar-refractivity contribution < 1.29 is 4.79 Å². The van der Waals surface area contributed by atoms with E-state index in [2.05, 4.69) is 14.7 Å². The molecule has 0 saturated heterocycles. The molecule has 29 heavy (non-hydrogen) atoms. The molecule has 2 aromatic heterocycles. The van der Waals surface area contributed by atoms with Crippen molar-refractivity contribution in [3.8, 4) is 11.3 Å². The summed E-state index contributed by atoms with van der Waals surface area (Å²) in [7, 11) is 0. The number of benzene rings is 2. The third-order valence-electron chi connectivity index (χ3n) is 4.60. The van der Waals surface area contributed by atoms with Gasteiger partial charge in [-0.15, -0.1) is 0 Å². The van der Waals surface area contributed by atoms with Crippen LogP contribution in [0.5, 0.6) is 0 Å². The van der Waals surface area contributed by atoms with Crippen molar-refractivity contribution in [3.05, 3.63) is 75.3 Å². The van der Waals surface area contributed by atoms with E-state index in [4.69, 9.17) is 11.6 Å². The molecular formula is C21H17ClN4O2S. The van der Waals surface area contributed by atoms with Crippen LogP contribution in [-0.2, 0) is 11.3 Å². The summed E-state index contributed by atoms with van der Waals surface area (Å²) in [6, 6.07) is 13.2. The molecule has 4 rings (SSSR count). The molecule has 0 aliphatic heterocycles. The number of anilines is 1. The summed E-state index contributed by atoms with van der Waals surface area (Å²) in [4.78, 5) is 29.7. The number of aryl methyl sites for hydroxylation is 1. The van der Waals surface area contributed by atoms with Crippen LogP contribution in [0, 0.1) is 13.8 Å². The van der Waals surface area contributed by atoms with Gasteiger partial charge in [-0.25, -0.2) is 4.98 Å². The molecule has 0 saturated carbocycles. The molecule has 0 spiro atoms. The predicted molar refractivity (Wildman–Crippen MR) is 117 cm³/mol. The Morgan fingerprint density at radius 1 is 1.21 bits per heavy atom. The summed E-state index contributed by atoms with van der Waals surface area (Å²) in [5.41, 5.74) is 4.34. The second kappa shape index (κ2) is 7.77. The van der Waals surface area contributed by atoms with E-state index in [9.17, 15) is 9.59 Å². The lowest BCUT2D eigenvalue weighted by atomic mass is 10.1. The molecule has 0 aliphatic rings. The van der Waals surface area contributed by atoms with E-state index >= 15 is 0 Å². The molecular weight excluding hydrogens is 408 g/mol. The van der Waals surface area contributed by atoms with Crippen molar-refractivity contribution in [1.82, 2.24) is 13.9 Å². The number of amides is 1. The Labute approximate surface area is 176 Å². The number of carbonyl (C=O) groups excluding carboxylic acids is 1. The zero-order valence-electron chi connectivity index (χ0n) is 15.8. The first-order valence-corrected chi connectivity index (χ1v) is 10.1. The number of halogens is 1. The lowest BCUT2D eigenvalue weighted by Gasteiger charge is -2.10. The molecule has 0 unspecified atom stereocenters. The van der Waals surface area contributed by atoms with Gasteiger partial charge in [0.25, 0.3) is 5.56 Å². The van der Waals surface area contributed by atoms with Crippen molar-refractivity contribution in [2.24, 2.45) is 0 Å². The first kappa shape index (κ1) is 19.3. The predicted octanol–water partition coefficient (Wildman–Crippen LogP) is 4.43. The summed E-state index contributed by atoms with van der Waals surface area (Å²) >= 11 is 7.18. The van der Waals surface area contributed by atoms with E-state index in [1.807, 2.05) is 38.1 Å². The SMILES string of the molecule is Cc1cccc(-c2nsc3c(=O)n(CC(=O)Nc4cccc(Cl)c4C)cnc23)c1. The third-order valence-corrected chi connectivity index (χ3v) is 5.83. The fourth-order valence-corrected chi connectivity index (χ4v) is 4.02. The Kier molecular flexibility index (Phi) is 5.17. The van der Waals surface area contributed by atoms with Crippen LogP contribution in [0.1, 0.15) is 11.1 Å². The van der Waals surface area contributed by atoms with Crippen molar-refractivity contribution in [2.45, 2.75) is 20.4 Å². The van der Waals surface area contributed by atoms with Crippen molar-refractivity contribution in [3.63, 3.8) is 0 Å². The Balaban J connectivity index is 1.62. The summed E-state index contributed by atoms with van der Waals surface area (Å²) in [6.45, 7) is 3.67. The lowest BCUT2D eigenvalue weighted by molar-refractivity contribution is -0.116. The third kappa shape index (κ3) is 3.79. The smallest absolute Gasteiger partial charge is 0.273 e. The van der Waals surface area contributed by atoms with Gasteiger partial charge in [0, 0.05) is 16.3 Å². The lowest BCUT2D eigenvalue weighted by Crippen LogP contribution is -2.27. The molecule has 0 fully saturated rings. The van der Waals surface area contributed by atoms with Crippen molar-refractivity contribution >= 4 is 44.9 Å². The molecule has 0 bridgehead atoms. The number of hydrogen-bond donors (Lipinski definition) is 1. The first-order valence-electron chi connectivity index (χ1n) is 8.91. The quantitative estimate of drug-likeness (QED) is 0.525. The van der Waals surface area contributed by atoms with E-state index in [-0.39, 0.29) is 18.0 Å². The molecule has 4 aromatic rings. The highest BCUT2D eigenvalue weighted by molar-refractivity contribution is 7.13. The first-order chi connectivity index (χ1) is 13.9. The van der Waals surface area contributed by atoms with Crippen LogP contribution in [-0.4, -0.2) is 19.8 Å². The minimum absolute atomic E-state index is 0.147. The van der Waals surface area contributed by atoms with E-state index in [1.165, 1.54) is 10.9 Å². The molecule has 0 aliphatic carbocycles. The molecule has 0 radical (unpaired) electrons. The maximum atomic E-state index is 12.8. The van der Waals surface area contributed by atoms with E-state index in [0.29, 0.717) is 26.6 Å². The Morgan fingerprint density at radius 3 is 2.79 bits per heavy atom. The van der Waals surface area contributed by atoms with E-state index in [0.717, 1.165) is 28.2 Å². The monoisotopic (exact) mass is 424 g/mol. The topological polar surface area (TPSA) is 76.9 Å². The highest BCUT2D eigenvalue weighted by Crippen LogP contribution is 2.28. The van der Waals surface area contributed by atoms with Gasteiger partial charge in [0.05, 0.1) is 6.33 Å². The fraction of sp³-hybridized carbons (Fsp3) is 0.143. The fourth-order valence-electron chi connectivity index (χ4n) is 3.04. The minimum Gasteiger partial charge on any atom is -0.324 e. The highest BCUT2D eigenvalue weighted by Gasteiger charge is 2.16. The highest BCUT2D eigenvalue weighted by atomic mass is 35.5. The van der Waals surface area contributed by atoms with Crippen LogP contribution >= 0.6 is 23.1 Å². The van der Waals surface area contributed by atoms with Gasteiger partial charge in [0.2, 0.25) is 5.91 Å². The summed E-state index contributed by atoms with van der Waals surface area (Å²) in [5.74, 6) is -0.331. The van der Waals surface area contributed by atoms with E-state index in [1.54, 1.807) is 18.2 Å². The summed E-state index contributed by atoms with van der Waals surface area (Å²) in [5, 5.41) is 3.36. The number of rotatable bonds is 4. The van der Waals surface area contributed by atoms with Crippen LogP contribution in [0.25, 0.3) is 21.5 Å². The van der Waals surface area contributed by atoms with Crippen molar-refractivity contribution in [1.29, 1.82) is 0 Å². The van der Waals surface area contributed by atoms with Gasteiger partial charge in [0.15, 0.2) is 0 Å². The number of nitrogens with zero attached hydrogens (tertiary/aromatic N) is 3. The number of aromatic nitrogens is 3. The van der Waals surface area contributed by atoms with Gasteiger partial charge < -0.3 is 5.32 Å². The summed E-state index contributed by atoms with van der Waals surface area (Å²) in [6.07, 6.45) is 1.39. The summed E-state index contributed by atoms with van der Waals surface area (Å²) < 4.78 is 6.14. The molecule has 146 valence electrons. The number of carbonyl (C=O) groups is 1. The van der Waals surface area contributed by atoms with Gasteiger partial charge in [-0.2, -0.15) is 4.37 Å². The second-order valence-electron chi connectivity index (χ2n) is 6.72. The molecule has 1 N–H and O–H groups in total. The van der Waals surface area contributed by atoms with Crippen LogP contribution in [0.4, 0.5) is 5.69 Å². The van der Waals surface area contributed by atoms with Gasteiger partial charge >= 0.3 is 0 Å². The molecule has 6 nitrogen and oxygen atoms in total. The number of fused-ring (bicyclic) bond motifs is 1. The molecule has 0 atom stereocenters. The molecule has 8 heteroatoms. The van der Waals surface area contributed by atoms with Gasteiger partial charge in [0.1, 0.15) is 22.5 Å². The van der Waals surface area contributed by atoms with Crippen molar-refractivity contribution in [2.75, 3.05) is 5.32 Å².